The van der Waals surface area contributed by atoms with Gasteiger partial charge < -0.3 is 9.84 Å². The van der Waals surface area contributed by atoms with E-state index in [1.54, 1.807) is 6.92 Å². The van der Waals surface area contributed by atoms with E-state index in [1.807, 2.05) is 13.8 Å². The van der Waals surface area contributed by atoms with Gasteiger partial charge in [0.2, 0.25) is 10.0 Å². The molecule has 0 aliphatic carbocycles. The summed E-state index contributed by atoms with van der Waals surface area (Å²) in [6.45, 7) is 5.56. The highest BCUT2D eigenvalue weighted by Crippen LogP contribution is 2.00. The van der Waals surface area contributed by atoms with Crippen LogP contribution < -0.4 is 0 Å². The molecule has 0 aromatic heterocycles. The van der Waals surface area contributed by atoms with Crippen LogP contribution in [0.1, 0.15) is 20.8 Å². The minimum atomic E-state index is -3.30. The van der Waals surface area contributed by atoms with E-state index in [4.69, 9.17) is 9.84 Å². The molecule has 0 aliphatic heterocycles. The average molecular weight is 239 g/mol. The van der Waals surface area contributed by atoms with Crippen molar-refractivity contribution in [2.45, 2.75) is 33.0 Å². The second-order valence-electron chi connectivity index (χ2n) is 3.87. The summed E-state index contributed by atoms with van der Waals surface area (Å²) >= 11 is 0. The third-order valence-electron chi connectivity index (χ3n) is 1.79. The second kappa shape index (κ2) is 6.42. The molecule has 1 unspecified atom stereocenters. The highest BCUT2D eigenvalue weighted by molar-refractivity contribution is 7.89. The molecule has 0 amide bonds. The van der Waals surface area contributed by atoms with Crippen LogP contribution in [0.4, 0.5) is 0 Å². The van der Waals surface area contributed by atoms with Gasteiger partial charge in [-0.3, -0.25) is 0 Å². The van der Waals surface area contributed by atoms with Crippen molar-refractivity contribution in [3.63, 3.8) is 0 Å². The first-order chi connectivity index (χ1) is 6.75. The Hall–Kier alpha value is -0.170. The minimum Gasteiger partial charge on any atom is -0.392 e. The van der Waals surface area contributed by atoms with E-state index in [1.165, 1.54) is 7.05 Å². The van der Waals surface area contributed by atoms with Gasteiger partial charge in [-0.2, -0.15) is 0 Å². The Morgan fingerprint density at radius 3 is 2.27 bits per heavy atom. The molecule has 0 heterocycles. The van der Waals surface area contributed by atoms with Gasteiger partial charge in [-0.25, -0.2) is 12.7 Å². The molecule has 5 nitrogen and oxygen atoms in total. The number of hydrogen-bond donors (Lipinski definition) is 1. The van der Waals surface area contributed by atoms with Gasteiger partial charge in [-0.1, -0.05) is 0 Å². The van der Waals surface area contributed by atoms with Crippen LogP contribution in [-0.2, 0) is 14.8 Å². The summed E-state index contributed by atoms with van der Waals surface area (Å²) in [5.74, 6) is -0.0472. The Morgan fingerprint density at radius 1 is 1.33 bits per heavy atom. The third-order valence-corrected chi connectivity index (χ3v) is 3.57. The molecule has 0 radical (unpaired) electrons. The van der Waals surface area contributed by atoms with Gasteiger partial charge in [0.1, 0.15) is 0 Å². The first kappa shape index (κ1) is 14.8. The SMILES string of the molecule is CC(O)CN(C)S(=O)(=O)CCOC(C)C. The number of rotatable bonds is 7. The van der Waals surface area contributed by atoms with Crippen molar-refractivity contribution in [3.05, 3.63) is 0 Å². The summed E-state index contributed by atoms with van der Waals surface area (Å²) < 4.78 is 29.5. The molecule has 0 aromatic carbocycles. The quantitative estimate of drug-likeness (QED) is 0.682. The van der Waals surface area contributed by atoms with E-state index in [9.17, 15) is 8.42 Å². The van der Waals surface area contributed by atoms with Crippen molar-refractivity contribution >= 4 is 10.0 Å². The Balaban J connectivity index is 4.06. The Bertz CT molecular complexity index is 261. The van der Waals surface area contributed by atoms with Gasteiger partial charge in [0.25, 0.3) is 0 Å². The standard InChI is InChI=1S/C9H21NO4S/c1-8(2)14-5-6-15(12,13)10(4)7-9(3)11/h8-9,11H,5-7H2,1-4H3. The maximum atomic E-state index is 11.6. The van der Waals surface area contributed by atoms with Crippen LogP contribution >= 0.6 is 0 Å². The van der Waals surface area contributed by atoms with E-state index >= 15 is 0 Å². The number of ether oxygens (including phenoxy) is 1. The molecule has 92 valence electrons. The van der Waals surface area contributed by atoms with Gasteiger partial charge in [0, 0.05) is 13.6 Å². The maximum absolute atomic E-state index is 11.6. The topological polar surface area (TPSA) is 66.8 Å². The molecule has 15 heavy (non-hydrogen) atoms. The molecule has 0 saturated carbocycles. The Morgan fingerprint density at radius 2 is 1.87 bits per heavy atom. The van der Waals surface area contributed by atoms with Crippen molar-refractivity contribution in [1.82, 2.24) is 4.31 Å². The monoisotopic (exact) mass is 239 g/mol. The summed E-state index contributed by atoms with van der Waals surface area (Å²) in [5.41, 5.74) is 0. The van der Waals surface area contributed by atoms with Crippen LogP contribution in [0.2, 0.25) is 0 Å². The zero-order valence-electron chi connectivity index (χ0n) is 9.80. The molecule has 0 spiro atoms. The fraction of sp³-hybridized carbons (Fsp3) is 1.00. The molecule has 0 rings (SSSR count). The van der Waals surface area contributed by atoms with Crippen LogP contribution in [0.25, 0.3) is 0 Å². The highest BCUT2D eigenvalue weighted by Gasteiger charge is 2.18. The predicted octanol–water partition coefficient (Wildman–Crippen LogP) is 0.0538. The third kappa shape index (κ3) is 6.83. The second-order valence-corrected chi connectivity index (χ2v) is 6.06. The predicted molar refractivity (Wildman–Crippen MR) is 59.2 cm³/mol. The van der Waals surface area contributed by atoms with Crippen molar-refractivity contribution in [2.24, 2.45) is 0 Å². The number of aliphatic hydroxyl groups is 1. The first-order valence-electron chi connectivity index (χ1n) is 4.99. The van der Waals surface area contributed by atoms with Crippen LogP contribution in [0.5, 0.6) is 0 Å². The fourth-order valence-corrected chi connectivity index (χ4v) is 2.09. The smallest absolute Gasteiger partial charge is 0.216 e. The molecular formula is C9H21NO4S. The van der Waals surface area contributed by atoms with Crippen molar-refractivity contribution in [1.29, 1.82) is 0 Å². The van der Waals surface area contributed by atoms with Gasteiger partial charge in [-0.05, 0) is 20.8 Å². The molecule has 0 aliphatic rings. The van der Waals surface area contributed by atoms with Gasteiger partial charge in [0.05, 0.1) is 24.6 Å². The largest absolute Gasteiger partial charge is 0.392 e. The average Bonchev–Trinajstić information content (AvgIpc) is 2.01. The number of aliphatic hydroxyl groups excluding tert-OH is 1. The molecule has 0 aromatic rings. The molecule has 0 saturated heterocycles. The van der Waals surface area contributed by atoms with E-state index in [0.717, 1.165) is 4.31 Å². The van der Waals surface area contributed by atoms with Gasteiger partial charge in [0.15, 0.2) is 0 Å². The van der Waals surface area contributed by atoms with Crippen molar-refractivity contribution < 1.29 is 18.3 Å². The number of hydrogen-bond acceptors (Lipinski definition) is 4. The van der Waals surface area contributed by atoms with E-state index in [2.05, 4.69) is 0 Å². The van der Waals surface area contributed by atoms with E-state index < -0.39 is 16.1 Å². The zero-order valence-corrected chi connectivity index (χ0v) is 10.6. The van der Waals surface area contributed by atoms with Crippen LogP contribution in [0, 0.1) is 0 Å². The Kier molecular flexibility index (Phi) is 6.35. The number of nitrogens with zero attached hydrogens (tertiary/aromatic N) is 1. The molecule has 0 bridgehead atoms. The highest BCUT2D eigenvalue weighted by atomic mass is 32.2. The van der Waals surface area contributed by atoms with Crippen molar-refractivity contribution in [2.75, 3.05) is 26.0 Å². The molecule has 1 N–H and O–H groups in total. The van der Waals surface area contributed by atoms with Crippen LogP contribution in [-0.4, -0.2) is 56.0 Å². The van der Waals surface area contributed by atoms with Gasteiger partial charge in [-0.15, -0.1) is 0 Å². The summed E-state index contributed by atoms with van der Waals surface area (Å²) in [4.78, 5) is 0. The van der Waals surface area contributed by atoms with Gasteiger partial charge >= 0.3 is 0 Å². The maximum Gasteiger partial charge on any atom is 0.216 e. The molecule has 1 atom stereocenters. The Labute approximate surface area is 92.1 Å². The van der Waals surface area contributed by atoms with E-state index in [-0.39, 0.29) is 25.0 Å². The lowest BCUT2D eigenvalue weighted by atomic mass is 10.4. The van der Waals surface area contributed by atoms with Crippen molar-refractivity contribution in [3.8, 4) is 0 Å². The lowest BCUT2D eigenvalue weighted by Crippen LogP contribution is -2.36. The minimum absolute atomic E-state index is 0.0299. The number of likely N-dealkylation sites (N-methyl/N-ethyl adjacent to an activating group) is 1. The summed E-state index contributed by atoms with van der Waals surface area (Å²) in [7, 11) is -1.85. The normalized spacial score (nSPS) is 14.9. The molecule has 0 fully saturated rings. The molecule has 6 heteroatoms. The molecular weight excluding hydrogens is 218 g/mol. The lowest BCUT2D eigenvalue weighted by Gasteiger charge is -2.18. The van der Waals surface area contributed by atoms with Crippen LogP contribution in [0.15, 0.2) is 0 Å². The number of sulfonamides is 1. The van der Waals surface area contributed by atoms with Crippen LogP contribution in [0.3, 0.4) is 0 Å². The van der Waals surface area contributed by atoms with E-state index in [0.29, 0.717) is 0 Å². The summed E-state index contributed by atoms with van der Waals surface area (Å²) in [5, 5.41) is 9.06. The lowest BCUT2D eigenvalue weighted by molar-refractivity contribution is 0.0904. The fourth-order valence-electron chi connectivity index (χ4n) is 1.03. The first-order valence-corrected chi connectivity index (χ1v) is 6.60. The summed E-state index contributed by atoms with van der Waals surface area (Å²) in [6.07, 6.45) is -0.627. The zero-order chi connectivity index (χ0) is 12.1. The summed E-state index contributed by atoms with van der Waals surface area (Å²) in [6, 6.07) is 0.